The van der Waals surface area contributed by atoms with Crippen LogP contribution in [-0.2, 0) is 4.79 Å². The van der Waals surface area contributed by atoms with E-state index in [1.807, 2.05) is 34.6 Å². The number of hydrogen-bond acceptors (Lipinski definition) is 4. The summed E-state index contributed by atoms with van der Waals surface area (Å²) < 4.78 is 5.11. The second-order valence-electron chi connectivity index (χ2n) is 5.05. The van der Waals surface area contributed by atoms with E-state index >= 15 is 0 Å². The van der Waals surface area contributed by atoms with Gasteiger partial charge >= 0.3 is 0 Å². The van der Waals surface area contributed by atoms with Crippen LogP contribution in [0.2, 0.25) is 0 Å². The minimum absolute atomic E-state index is 0.0139. The molecule has 1 rings (SSSR count). The highest BCUT2D eigenvalue weighted by Crippen LogP contribution is 2.21. The van der Waals surface area contributed by atoms with Crippen molar-refractivity contribution in [1.82, 2.24) is 10.5 Å². The summed E-state index contributed by atoms with van der Waals surface area (Å²) in [5.41, 5.74) is 7.40. The minimum atomic E-state index is -0.159. The van der Waals surface area contributed by atoms with E-state index in [1.54, 1.807) is 0 Å². The molecule has 0 spiro atoms. The average molecular weight is 253 g/mol. The summed E-state index contributed by atoms with van der Waals surface area (Å²) in [5, 5.41) is 6.87. The maximum absolute atomic E-state index is 12.1. The zero-order valence-electron chi connectivity index (χ0n) is 11.8. The Balaban J connectivity index is 2.76. The molecule has 1 heterocycles. The van der Waals surface area contributed by atoms with Gasteiger partial charge in [-0.3, -0.25) is 4.79 Å². The second kappa shape index (κ2) is 6.00. The molecule has 0 saturated heterocycles. The normalized spacial score (nSPS) is 14.6. The molecular weight excluding hydrogens is 230 g/mol. The molecule has 0 aromatic carbocycles. The number of carbonyl (C=O) groups excluding carboxylic acids is 1. The van der Waals surface area contributed by atoms with Gasteiger partial charge in [-0.15, -0.1) is 0 Å². The Morgan fingerprint density at radius 1 is 1.39 bits per heavy atom. The van der Waals surface area contributed by atoms with E-state index in [0.29, 0.717) is 6.54 Å². The molecule has 1 aromatic rings. The number of nitrogens with two attached hydrogens (primary N) is 1. The molecule has 1 amide bonds. The molecule has 2 unspecified atom stereocenters. The van der Waals surface area contributed by atoms with Crippen molar-refractivity contribution in [1.29, 1.82) is 0 Å². The minimum Gasteiger partial charge on any atom is -0.361 e. The first-order valence-corrected chi connectivity index (χ1v) is 6.31. The predicted molar refractivity (Wildman–Crippen MR) is 69.9 cm³/mol. The van der Waals surface area contributed by atoms with E-state index in [-0.39, 0.29) is 23.8 Å². The Hall–Kier alpha value is -1.36. The molecule has 2 atom stereocenters. The number of amides is 1. The van der Waals surface area contributed by atoms with E-state index in [0.717, 1.165) is 17.0 Å². The van der Waals surface area contributed by atoms with Gasteiger partial charge in [0.2, 0.25) is 5.91 Å². The van der Waals surface area contributed by atoms with Crippen molar-refractivity contribution in [3.8, 4) is 0 Å². The predicted octanol–water partition coefficient (Wildman–Crippen LogP) is 1.70. The molecule has 3 N–H and O–H groups in total. The molecule has 0 radical (unpaired) electrons. The SMILES string of the molecule is Cc1noc(C)c1C(C)NC(=O)C(CN)C(C)C. The van der Waals surface area contributed by atoms with Gasteiger partial charge in [0, 0.05) is 12.1 Å². The number of nitrogens with zero attached hydrogens (tertiary/aromatic N) is 1. The quantitative estimate of drug-likeness (QED) is 0.837. The summed E-state index contributed by atoms with van der Waals surface area (Å²) in [7, 11) is 0. The van der Waals surface area contributed by atoms with Crippen molar-refractivity contribution in [2.75, 3.05) is 6.54 Å². The van der Waals surface area contributed by atoms with Crippen LogP contribution >= 0.6 is 0 Å². The standard InChI is InChI=1S/C13H23N3O2/c1-7(2)11(6-14)13(17)15-8(3)12-9(4)16-18-10(12)5/h7-8,11H,6,14H2,1-5H3,(H,15,17). The Labute approximate surface area is 108 Å². The Morgan fingerprint density at radius 3 is 2.39 bits per heavy atom. The monoisotopic (exact) mass is 253 g/mol. The maximum atomic E-state index is 12.1. The molecule has 5 nitrogen and oxygen atoms in total. The lowest BCUT2D eigenvalue weighted by Crippen LogP contribution is -2.39. The Bertz CT molecular complexity index is 393. The summed E-state index contributed by atoms with van der Waals surface area (Å²) in [6, 6.07) is -0.114. The molecule has 102 valence electrons. The van der Waals surface area contributed by atoms with Crippen LogP contribution in [0, 0.1) is 25.7 Å². The van der Waals surface area contributed by atoms with Gasteiger partial charge in [0.25, 0.3) is 0 Å². The first kappa shape index (κ1) is 14.7. The molecule has 5 heteroatoms. The molecule has 0 aliphatic heterocycles. The highest BCUT2D eigenvalue weighted by molar-refractivity contribution is 5.79. The molecule has 18 heavy (non-hydrogen) atoms. The van der Waals surface area contributed by atoms with Crippen LogP contribution in [0.3, 0.4) is 0 Å². The van der Waals surface area contributed by atoms with E-state index < -0.39 is 0 Å². The lowest BCUT2D eigenvalue weighted by molar-refractivity contribution is -0.126. The second-order valence-corrected chi connectivity index (χ2v) is 5.05. The summed E-state index contributed by atoms with van der Waals surface area (Å²) >= 11 is 0. The highest BCUT2D eigenvalue weighted by atomic mass is 16.5. The van der Waals surface area contributed by atoms with Gasteiger partial charge in [-0.2, -0.15) is 0 Å². The molecule has 0 aliphatic rings. The van der Waals surface area contributed by atoms with Crippen LogP contribution in [0.5, 0.6) is 0 Å². The van der Waals surface area contributed by atoms with Crippen molar-refractivity contribution >= 4 is 5.91 Å². The fourth-order valence-electron chi connectivity index (χ4n) is 2.18. The molecule has 0 bridgehead atoms. The highest BCUT2D eigenvalue weighted by Gasteiger charge is 2.24. The van der Waals surface area contributed by atoms with E-state index in [4.69, 9.17) is 10.3 Å². The topological polar surface area (TPSA) is 81.2 Å². The van der Waals surface area contributed by atoms with Crippen LogP contribution in [-0.4, -0.2) is 17.6 Å². The lowest BCUT2D eigenvalue weighted by atomic mass is 9.94. The van der Waals surface area contributed by atoms with Crippen LogP contribution < -0.4 is 11.1 Å². The molecule has 0 fully saturated rings. The number of aryl methyl sites for hydroxylation is 2. The summed E-state index contributed by atoms with van der Waals surface area (Å²) in [6.07, 6.45) is 0. The number of carbonyl (C=O) groups is 1. The van der Waals surface area contributed by atoms with E-state index in [9.17, 15) is 4.79 Å². The Kier molecular flexibility index (Phi) is 4.90. The molecular formula is C13H23N3O2. The van der Waals surface area contributed by atoms with Crippen molar-refractivity contribution in [2.24, 2.45) is 17.6 Å². The van der Waals surface area contributed by atoms with Gasteiger partial charge in [-0.25, -0.2) is 0 Å². The van der Waals surface area contributed by atoms with Crippen molar-refractivity contribution < 1.29 is 9.32 Å². The molecule has 0 aliphatic carbocycles. The third-order valence-electron chi connectivity index (χ3n) is 3.28. The van der Waals surface area contributed by atoms with Gasteiger partial charge in [0.15, 0.2) is 0 Å². The first-order valence-electron chi connectivity index (χ1n) is 6.31. The summed E-state index contributed by atoms with van der Waals surface area (Å²) in [4.78, 5) is 12.1. The van der Waals surface area contributed by atoms with E-state index in [1.165, 1.54) is 0 Å². The fourth-order valence-corrected chi connectivity index (χ4v) is 2.18. The third kappa shape index (κ3) is 3.10. The summed E-state index contributed by atoms with van der Waals surface area (Å²) in [6.45, 7) is 10.0. The zero-order chi connectivity index (χ0) is 13.9. The lowest BCUT2D eigenvalue weighted by Gasteiger charge is -2.21. The number of hydrogen-bond donors (Lipinski definition) is 2. The van der Waals surface area contributed by atoms with Crippen LogP contribution in [0.1, 0.15) is 43.8 Å². The number of aromatic nitrogens is 1. The van der Waals surface area contributed by atoms with Crippen molar-refractivity contribution in [3.63, 3.8) is 0 Å². The van der Waals surface area contributed by atoms with Gasteiger partial charge in [-0.05, 0) is 26.7 Å². The molecule has 0 saturated carbocycles. The van der Waals surface area contributed by atoms with Gasteiger partial charge < -0.3 is 15.6 Å². The largest absolute Gasteiger partial charge is 0.361 e. The first-order chi connectivity index (χ1) is 8.38. The Morgan fingerprint density at radius 2 is 2.00 bits per heavy atom. The smallest absolute Gasteiger partial charge is 0.225 e. The van der Waals surface area contributed by atoms with Gasteiger partial charge in [-0.1, -0.05) is 19.0 Å². The van der Waals surface area contributed by atoms with Crippen molar-refractivity contribution in [2.45, 2.75) is 40.7 Å². The van der Waals surface area contributed by atoms with Crippen molar-refractivity contribution in [3.05, 3.63) is 17.0 Å². The number of nitrogens with one attached hydrogen (secondary N) is 1. The van der Waals surface area contributed by atoms with Crippen LogP contribution in [0.25, 0.3) is 0 Å². The van der Waals surface area contributed by atoms with Crippen LogP contribution in [0.15, 0.2) is 4.52 Å². The van der Waals surface area contributed by atoms with Gasteiger partial charge in [0.05, 0.1) is 17.7 Å². The fraction of sp³-hybridized carbons (Fsp3) is 0.692. The third-order valence-corrected chi connectivity index (χ3v) is 3.28. The zero-order valence-corrected chi connectivity index (χ0v) is 11.8. The summed E-state index contributed by atoms with van der Waals surface area (Å²) in [5.74, 6) is 0.800. The average Bonchev–Trinajstić information content (AvgIpc) is 2.58. The molecule has 1 aromatic heterocycles. The number of rotatable bonds is 5. The van der Waals surface area contributed by atoms with E-state index in [2.05, 4.69) is 10.5 Å². The van der Waals surface area contributed by atoms with Gasteiger partial charge in [0.1, 0.15) is 5.76 Å². The van der Waals surface area contributed by atoms with Crippen LogP contribution in [0.4, 0.5) is 0 Å². The maximum Gasteiger partial charge on any atom is 0.225 e.